The first-order chi connectivity index (χ1) is 12.7. The molecule has 6 nitrogen and oxygen atoms in total. The molecule has 0 saturated carbocycles. The topological polar surface area (TPSA) is 58.2 Å². The minimum Gasteiger partial charge on any atom is -0.379 e. The van der Waals surface area contributed by atoms with Crippen LogP contribution < -0.4 is 5.32 Å². The highest BCUT2D eigenvalue weighted by atomic mass is 16.6. The summed E-state index contributed by atoms with van der Waals surface area (Å²) in [6, 6.07) is 0. The molecule has 1 N–H and O–H groups in total. The molecule has 0 unspecified atom stereocenters. The first-order valence-electron chi connectivity index (χ1n) is 10.3. The van der Waals surface area contributed by atoms with Crippen LogP contribution >= 0.6 is 0 Å². The fourth-order valence-electron chi connectivity index (χ4n) is 2.18. The summed E-state index contributed by atoms with van der Waals surface area (Å²) in [4.78, 5) is 0. The van der Waals surface area contributed by atoms with Crippen LogP contribution in [0.25, 0.3) is 0 Å². The van der Waals surface area contributed by atoms with Gasteiger partial charge in [-0.25, -0.2) is 0 Å². The summed E-state index contributed by atoms with van der Waals surface area (Å²) in [5.41, 5.74) is 0.525. The SMILES string of the molecule is CC(C)(C)CCCOCCOCCOCCOCCOCCNC(C)(C)C. The summed E-state index contributed by atoms with van der Waals surface area (Å²) >= 11 is 0. The second-order valence-corrected chi connectivity index (χ2v) is 8.90. The van der Waals surface area contributed by atoms with Crippen LogP contribution in [0.15, 0.2) is 0 Å². The summed E-state index contributed by atoms with van der Waals surface area (Å²) in [5.74, 6) is 0. The summed E-state index contributed by atoms with van der Waals surface area (Å²) in [5, 5.41) is 3.37. The smallest absolute Gasteiger partial charge is 0.0701 e. The van der Waals surface area contributed by atoms with Crippen LogP contribution in [0.4, 0.5) is 0 Å². The molecule has 0 atom stereocenters. The zero-order valence-electron chi connectivity index (χ0n) is 18.7. The largest absolute Gasteiger partial charge is 0.379 e. The molecule has 6 heteroatoms. The van der Waals surface area contributed by atoms with Gasteiger partial charge in [0.05, 0.1) is 59.5 Å². The maximum atomic E-state index is 5.55. The van der Waals surface area contributed by atoms with E-state index in [9.17, 15) is 0 Å². The number of ether oxygens (including phenoxy) is 5. The van der Waals surface area contributed by atoms with Gasteiger partial charge in [-0.05, 0) is 39.0 Å². The summed E-state index contributed by atoms with van der Waals surface area (Å²) in [7, 11) is 0. The van der Waals surface area contributed by atoms with Crippen molar-refractivity contribution in [3.05, 3.63) is 0 Å². The molecule has 0 radical (unpaired) electrons. The fraction of sp³-hybridized carbons (Fsp3) is 1.00. The van der Waals surface area contributed by atoms with Crippen molar-refractivity contribution in [1.29, 1.82) is 0 Å². The first-order valence-corrected chi connectivity index (χ1v) is 10.3. The van der Waals surface area contributed by atoms with Crippen LogP contribution in [0.1, 0.15) is 54.4 Å². The van der Waals surface area contributed by atoms with Gasteiger partial charge in [0.25, 0.3) is 0 Å². The van der Waals surface area contributed by atoms with Crippen molar-refractivity contribution < 1.29 is 23.7 Å². The molecule has 0 aliphatic carbocycles. The quantitative estimate of drug-likeness (QED) is 0.362. The van der Waals surface area contributed by atoms with Crippen LogP contribution in [0.3, 0.4) is 0 Å². The Morgan fingerprint density at radius 2 is 0.889 bits per heavy atom. The normalized spacial score (nSPS) is 12.7. The van der Waals surface area contributed by atoms with Gasteiger partial charge in [0.2, 0.25) is 0 Å². The van der Waals surface area contributed by atoms with Crippen molar-refractivity contribution in [3.63, 3.8) is 0 Å². The molecular weight excluding hydrogens is 346 g/mol. The van der Waals surface area contributed by atoms with Crippen molar-refractivity contribution in [1.82, 2.24) is 5.32 Å². The highest BCUT2D eigenvalue weighted by Crippen LogP contribution is 2.20. The second kappa shape index (κ2) is 16.7. The van der Waals surface area contributed by atoms with E-state index in [4.69, 9.17) is 23.7 Å². The molecule has 0 aromatic heterocycles. The molecule has 0 bridgehead atoms. The Bertz CT molecular complexity index is 283. The average molecular weight is 392 g/mol. The van der Waals surface area contributed by atoms with Crippen LogP contribution in [0, 0.1) is 5.41 Å². The van der Waals surface area contributed by atoms with Gasteiger partial charge < -0.3 is 29.0 Å². The Balaban J connectivity index is 3.07. The fourth-order valence-corrected chi connectivity index (χ4v) is 2.18. The summed E-state index contributed by atoms with van der Waals surface area (Å²) in [6.45, 7) is 20.4. The van der Waals surface area contributed by atoms with Gasteiger partial charge in [-0.1, -0.05) is 20.8 Å². The van der Waals surface area contributed by atoms with Crippen molar-refractivity contribution in [2.24, 2.45) is 5.41 Å². The van der Waals surface area contributed by atoms with E-state index in [0.717, 1.165) is 19.6 Å². The zero-order chi connectivity index (χ0) is 20.4. The number of hydrogen-bond acceptors (Lipinski definition) is 6. The monoisotopic (exact) mass is 391 g/mol. The van der Waals surface area contributed by atoms with Crippen LogP contribution in [0.5, 0.6) is 0 Å². The third-order valence-electron chi connectivity index (χ3n) is 3.61. The molecule has 164 valence electrons. The number of nitrogens with one attached hydrogen (secondary N) is 1. The van der Waals surface area contributed by atoms with E-state index in [2.05, 4.69) is 46.9 Å². The molecule has 0 saturated heterocycles. The Labute approximate surface area is 167 Å². The van der Waals surface area contributed by atoms with E-state index < -0.39 is 0 Å². The highest BCUT2D eigenvalue weighted by molar-refractivity contribution is 4.69. The molecule has 0 aliphatic heterocycles. The molecular formula is C21H45NO5. The molecule has 0 aromatic carbocycles. The van der Waals surface area contributed by atoms with Gasteiger partial charge in [0.15, 0.2) is 0 Å². The molecule has 27 heavy (non-hydrogen) atoms. The van der Waals surface area contributed by atoms with Crippen LogP contribution in [0.2, 0.25) is 0 Å². The van der Waals surface area contributed by atoms with E-state index in [-0.39, 0.29) is 5.54 Å². The van der Waals surface area contributed by atoms with E-state index in [0.29, 0.717) is 64.9 Å². The first kappa shape index (κ1) is 26.8. The van der Waals surface area contributed by atoms with Crippen LogP contribution in [-0.2, 0) is 23.7 Å². The molecule has 0 amide bonds. The third kappa shape index (κ3) is 25.8. The molecule has 0 rings (SSSR count). The van der Waals surface area contributed by atoms with Gasteiger partial charge in [0.1, 0.15) is 0 Å². The third-order valence-corrected chi connectivity index (χ3v) is 3.61. The van der Waals surface area contributed by atoms with Crippen LogP contribution in [-0.4, -0.2) is 78.2 Å². The van der Waals surface area contributed by atoms with Gasteiger partial charge in [-0.15, -0.1) is 0 Å². The van der Waals surface area contributed by atoms with Gasteiger partial charge in [-0.3, -0.25) is 0 Å². The Morgan fingerprint density at radius 3 is 1.26 bits per heavy atom. The number of hydrogen-bond donors (Lipinski definition) is 1. The lowest BCUT2D eigenvalue weighted by Gasteiger charge is -2.20. The van der Waals surface area contributed by atoms with E-state index in [1.807, 2.05) is 0 Å². The average Bonchev–Trinajstić information content (AvgIpc) is 2.55. The summed E-state index contributed by atoms with van der Waals surface area (Å²) in [6.07, 6.45) is 2.29. The number of rotatable bonds is 18. The van der Waals surface area contributed by atoms with Crippen molar-refractivity contribution in [2.75, 3.05) is 72.6 Å². The second-order valence-electron chi connectivity index (χ2n) is 8.90. The lowest BCUT2D eigenvalue weighted by Crippen LogP contribution is -2.38. The molecule has 0 aromatic rings. The van der Waals surface area contributed by atoms with Gasteiger partial charge >= 0.3 is 0 Å². The van der Waals surface area contributed by atoms with Crippen molar-refractivity contribution >= 4 is 0 Å². The van der Waals surface area contributed by atoms with E-state index >= 15 is 0 Å². The van der Waals surface area contributed by atoms with Gasteiger partial charge in [0, 0.05) is 18.7 Å². The van der Waals surface area contributed by atoms with Gasteiger partial charge in [-0.2, -0.15) is 0 Å². The lowest BCUT2D eigenvalue weighted by molar-refractivity contribution is -0.0114. The zero-order valence-corrected chi connectivity index (χ0v) is 18.7. The molecule has 0 spiro atoms. The predicted octanol–water partition coefficient (Wildman–Crippen LogP) is 3.28. The molecule has 0 fully saturated rings. The summed E-state index contributed by atoms with van der Waals surface area (Å²) < 4.78 is 27.4. The Kier molecular flexibility index (Phi) is 16.5. The van der Waals surface area contributed by atoms with E-state index in [1.54, 1.807) is 0 Å². The predicted molar refractivity (Wildman–Crippen MR) is 111 cm³/mol. The lowest BCUT2D eigenvalue weighted by atomic mass is 9.91. The molecule has 0 aliphatic rings. The van der Waals surface area contributed by atoms with Crippen molar-refractivity contribution in [2.45, 2.75) is 59.9 Å². The van der Waals surface area contributed by atoms with E-state index in [1.165, 1.54) is 6.42 Å². The molecule has 0 heterocycles. The minimum atomic E-state index is 0.139. The Morgan fingerprint density at radius 1 is 0.519 bits per heavy atom. The highest BCUT2D eigenvalue weighted by Gasteiger charge is 2.08. The van der Waals surface area contributed by atoms with Crippen molar-refractivity contribution in [3.8, 4) is 0 Å². The Hall–Kier alpha value is -0.240. The maximum Gasteiger partial charge on any atom is 0.0701 e. The standard InChI is InChI=1S/C21H45NO5/c1-20(2,3)8-7-10-23-12-14-25-16-18-27-19-17-26-15-13-24-11-9-22-21(4,5)6/h22H,7-19H2,1-6H3. The maximum absolute atomic E-state index is 5.55. The minimum absolute atomic E-state index is 0.139.